The van der Waals surface area contributed by atoms with Crippen LogP contribution in [0.25, 0.3) is 0 Å². The molecule has 20 heavy (non-hydrogen) atoms. The number of para-hydroxylation sites is 1. The van der Waals surface area contributed by atoms with Crippen molar-refractivity contribution in [3.05, 3.63) is 52.2 Å². The van der Waals surface area contributed by atoms with Gasteiger partial charge in [-0.15, -0.1) is 0 Å². The van der Waals surface area contributed by atoms with Crippen LogP contribution >= 0.6 is 11.3 Å². The molecular formula is C15H18N2O2S. The summed E-state index contributed by atoms with van der Waals surface area (Å²) in [5.74, 6) is -0.0873. The highest BCUT2D eigenvalue weighted by atomic mass is 32.1. The van der Waals surface area contributed by atoms with Gasteiger partial charge in [0.05, 0.1) is 6.10 Å². The highest BCUT2D eigenvalue weighted by molar-refractivity contribution is 7.07. The first-order valence-electron chi connectivity index (χ1n) is 6.43. The summed E-state index contributed by atoms with van der Waals surface area (Å²) in [5.41, 5.74) is 2.73. The number of carbonyl (C=O) groups excluding carboxylic acids is 1. The van der Waals surface area contributed by atoms with Crippen LogP contribution in [0.5, 0.6) is 0 Å². The van der Waals surface area contributed by atoms with E-state index in [-0.39, 0.29) is 5.91 Å². The summed E-state index contributed by atoms with van der Waals surface area (Å²) in [6.45, 7) is 2.56. The number of rotatable bonds is 6. The molecule has 1 amide bonds. The van der Waals surface area contributed by atoms with Crippen molar-refractivity contribution in [2.24, 2.45) is 0 Å². The van der Waals surface area contributed by atoms with E-state index in [9.17, 15) is 9.90 Å². The summed E-state index contributed by atoms with van der Waals surface area (Å²) in [6, 6.07) is 9.55. The lowest BCUT2D eigenvalue weighted by atomic mass is 10.1. The number of benzene rings is 1. The zero-order valence-electron chi connectivity index (χ0n) is 11.3. The highest BCUT2D eigenvalue weighted by Gasteiger charge is 2.08. The molecule has 106 valence electrons. The van der Waals surface area contributed by atoms with Gasteiger partial charge >= 0.3 is 0 Å². The SMILES string of the molecule is CC(=O)Nc1ccccc1CNCC(O)c1ccsc1. The third kappa shape index (κ3) is 4.16. The van der Waals surface area contributed by atoms with Crippen molar-refractivity contribution in [1.82, 2.24) is 5.32 Å². The van der Waals surface area contributed by atoms with Crippen molar-refractivity contribution in [2.45, 2.75) is 19.6 Å². The maximum absolute atomic E-state index is 11.1. The van der Waals surface area contributed by atoms with Gasteiger partial charge in [-0.3, -0.25) is 4.79 Å². The Morgan fingerprint density at radius 3 is 2.85 bits per heavy atom. The predicted molar refractivity (Wildman–Crippen MR) is 81.7 cm³/mol. The van der Waals surface area contributed by atoms with Crippen LogP contribution in [0.4, 0.5) is 5.69 Å². The lowest BCUT2D eigenvalue weighted by molar-refractivity contribution is -0.114. The normalized spacial score (nSPS) is 12.1. The van der Waals surface area contributed by atoms with Gasteiger partial charge < -0.3 is 15.7 Å². The predicted octanol–water partition coefficient (Wildman–Crippen LogP) is 2.53. The van der Waals surface area contributed by atoms with Crippen LogP contribution in [0.3, 0.4) is 0 Å². The molecular weight excluding hydrogens is 272 g/mol. The van der Waals surface area contributed by atoms with Crippen molar-refractivity contribution >= 4 is 22.9 Å². The van der Waals surface area contributed by atoms with Crippen LogP contribution in [-0.2, 0) is 11.3 Å². The first-order valence-corrected chi connectivity index (χ1v) is 7.37. The lowest BCUT2D eigenvalue weighted by Crippen LogP contribution is -2.21. The molecule has 0 bridgehead atoms. The van der Waals surface area contributed by atoms with E-state index in [1.807, 2.05) is 41.1 Å². The summed E-state index contributed by atoms with van der Waals surface area (Å²) in [5, 5.41) is 19.9. The number of anilines is 1. The van der Waals surface area contributed by atoms with Crippen LogP contribution in [0.2, 0.25) is 0 Å². The Morgan fingerprint density at radius 2 is 2.15 bits per heavy atom. The first kappa shape index (κ1) is 14.7. The van der Waals surface area contributed by atoms with E-state index in [1.165, 1.54) is 6.92 Å². The molecule has 1 aromatic heterocycles. The smallest absolute Gasteiger partial charge is 0.221 e. The van der Waals surface area contributed by atoms with Gasteiger partial charge in [0.25, 0.3) is 0 Å². The molecule has 2 aromatic rings. The van der Waals surface area contributed by atoms with E-state index >= 15 is 0 Å². The summed E-state index contributed by atoms with van der Waals surface area (Å²) in [4.78, 5) is 11.1. The van der Waals surface area contributed by atoms with Gasteiger partial charge in [0.2, 0.25) is 5.91 Å². The van der Waals surface area contributed by atoms with Gasteiger partial charge in [0, 0.05) is 25.7 Å². The first-order chi connectivity index (χ1) is 9.66. The van der Waals surface area contributed by atoms with E-state index in [0.29, 0.717) is 13.1 Å². The van der Waals surface area contributed by atoms with Crippen LogP contribution in [0.1, 0.15) is 24.2 Å². The Morgan fingerprint density at radius 1 is 1.35 bits per heavy atom. The zero-order valence-corrected chi connectivity index (χ0v) is 12.1. The second kappa shape index (κ2) is 7.19. The molecule has 5 heteroatoms. The van der Waals surface area contributed by atoms with Gasteiger partial charge in [0.15, 0.2) is 0 Å². The Hall–Kier alpha value is -1.69. The molecule has 0 fully saturated rings. The minimum absolute atomic E-state index is 0.0873. The van der Waals surface area contributed by atoms with Gasteiger partial charge in [-0.2, -0.15) is 11.3 Å². The van der Waals surface area contributed by atoms with Crippen molar-refractivity contribution in [3.8, 4) is 0 Å². The molecule has 2 rings (SSSR count). The standard InChI is InChI=1S/C15H18N2O2S/c1-11(18)17-14-5-3-2-4-12(14)8-16-9-15(19)13-6-7-20-10-13/h2-7,10,15-16,19H,8-9H2,1H3,(H,17,18). The van der Waals surface area contributed by atoms with Crippen LogP contribution < -0.4 is 10.6 Å². The topological polar surface area (TPSA) is 61.4 Å². The molecule has 4 nitrogen and oxygen atoms in total. The van der Waals surface area contributed by atoms with Gasteiger partial charge in [-0.05, 0) is 34.0 Å². The molecule has 1 atom stereocenters. The molecule has 0 saturated carbocycles. The van der Waals surface area contributed by atoms with Gasteiger partial charge in [-0.1, -0.05) is 18.2 Å². The third-order valence-corrected chi connectivity index (χ3v) is 3.61. The van der Waals surface area contributed by atoms with Gasteiger partial charge in [-0.25, -0.2) is 0 Å². The van der Waals surface area contributed by atoms with Crippen molar-refractivity contribution in [3.63, 3.8) is 0 Å². The van der Waals surface area contributed by atoms with Crippen molar-refractivity contribution in [2.75, 3.05) is 11.9 Å². The minimum Gasteiger partial charge on any atom is -0.387 e. The molecule has 0 aliphatic rings. The number of nitrogens with one attached hydrogen (secondary N) is 2. The molecule has 0 saturated heterocycles. The van der Waals surface area contributed by atoms with Gasteiger partial charge in [0.1, 0.15) is 0 Å². The Kier molecular flexibility index (Phi) is 5.29. The van der Waals surface area contributed by atoms with E-state index in [4.69, 9.17) is 0 Å². The number of aliphatic hydroxyl groups is 1. The molecule has 0 aliphatic carbocycles. The van der Waals surface area contributed by atoms with Crippen LogP contribution in [-0.4, -0.2) is 17.6 Å². The van der Waals surface area contributed by atoms with E-state index in [2.05, 4.69) is 10.6 Å². The second-order valence-corrected chi connectivity index (χ2v) is 5.32. The number of hydrogen-bond donors (Lipinski definition) is 3. The molecule has 1 unspecified atom stereocenters. The Labute approximate surface area is 122 Å². The maximum atomic E-state index is 11.1. The second-order valence-electron chi connectivity index (χ2n) is 4.54. The average Bonchev–Trinajstić information content (AvgIpc) is 2.94. The van der Waals surface area contributed by atoms with Crippen LogP contribution in [0.15, 0.2) is 41.1 Å². The summed E-state index contributed by atoms with van der Waals surface area (Å²) >= 11 is 1.57. The van der Waals surface area contributed by atoms with E-state index in [1.54, 1.807) is 11.3 Å². The third-order valence-electron chi connectivity index (χ3n) is 2.91. The fraction of sp³-hybridized carbons (Fsp3) is 0.267. The quantitative estimate of drug-likeness (QED) is 0.766. The van der Waals surface area contributed by atoms with Crippen LogP contribution in [0, 0.1) is 0 Å². The van der Waals surface area contributed by atoms with Crippen molar-refractivity contribution in [1.29, 1.82) is 0 Å². The zero-order chi connectivity index (χ0) is 14.4. The number of carbonyl (C=O) groups is 1. The number of hydrogen-bond acceptors (Lipinski definition) is 4. The average molecular weight is 290 g/mol. The molecule has 0 spiro atoms. The summed E-state index contributed by atoms with van der Waals surface area (Å²) < 4.78 is 0. The number of amides is 1. The Balaban J connectivity index is 1.89. The Bertz CT molecular complexity index is 555. The minimum atomic E-state index is -0.505. The number of aliphatic hydroxyl groups excluding tert-OH is 1. The fourth-order valence-corrected chi connectivity index (χ4v) is 2.62. The van der Waals surface area contributed by atoms with E-state index in [0.717, 1.165) is 16.8 Å². The fourth-order valence-electron chi connectivity index (χ4n) is 1.91. The monoisotopic (exact) mass is 290 g/mol. The molecule has 3 N–H and O–H groups in total. The molecule has 0 aliphatic heterocycles. The largest absolute Gasteiger partial charge is 0.387 e. The van der Waals surface area contributed by atoms with Crippen molar-refractivity contribution < 1.29 is 9.90 Å². The molecule has 1 aromatic carbocycles. The summed E-state index contributed by atoms with van der Waals surface area (Å²) in [7, 11) is 0. The molecule has 0 radical (unpaired) electrons. The number of thiophene rings is 1. The van der Waals surface area contributed by atoms with E-state index < -0.39 is 6.10 Å². The maximum Gasteiger partial charge on any atom is 0.221 e. The molecule has 1 heterocycles. The highest BCUT2D eigenvalue weighted by Crippen LogP contribution is 2.17. The lowest BCUT2D eigenvalue weighted by Gasteiger charge is -2.13. The summed E-state index contributed by atoms with van der Waals surface area (Å²) in [6.07, 6.45) is -0.505.